The summed E-state index contributed by atoms with van der Waals surface area (Å²) in [6.07, 6.45) is 1.68. The Morgan fingerprint density at radius 1 is 1.27 bits per heavy atom. The molecule has 0 saturated heterocycles. The number of hydrogen-bond acceptors (Lipinski definition) is 5. The van der Waals surface area contributed by atoms with E-state index in [1.54, 1.807) is 47.4 Å². The van der Waals surface area contributed by atoms with Crippen LogP contribution >= 0.6 is 11.3 Å². The fourth-order valence-electron chi connectivity index (χ4n) is 2.32. The molecule has 0 radical (unpaired) electrons. The third-order valence-electron chi connectivity index (χ3n) is 3.41. The van der Waals surface area contributed by atoms with Gasteiger partial charge in [-0.05, 0) is 36.6 Å². The predicted molar refractivity (Wildman–Crippen MR) is 100.0 cm³/mol. The van der Waals surface area contributed by atoms with Gasteiger partial charge in [-0.1, -0.05) is 12.1 Å². The van der Waals surface area contributed by atoms with Crippen molar-refractivity contribution < 1.29 is 24.2 Å². The minimum absolute atomic E-state index is 0.163. The summed E-state index contributed by atoms with van der Waals surface area (Å²) in [4.78, 5) is 26.3. The molecule has 2 rings (SSSR count). The molecule has 1 N–H and O–H groups in total. The molecular weight excluding hydrogens is 354 g/mol. The summed E-state index contributed by atoms with van der Waals surface area (Å²) in [5, 5.41) is 10.7. The molecule has 7 heteroatoms. The highest BCUT2D eigenvalue weighted by Gasteiger charge is 2.18. The number of thiophene rings is 1. The van der Waals surface area contributed by atoms with Crippen molar-refractivity contribution in [1.82, 2.24) is 4.90 Å². The predicted octanol–water partition coefficient (Wildman–Crippen LogP) is 3.44. The first-order chi connectivity index (χ1) is 12.5. The van der Waals surface area contributed by atoms with E-state index in [1.807, 2.05) is 17.5 Å². The molecule has 26 heavy (non-hydrogen) atoms. The van der Waals surface area contributed by atoms with Crippen LogP contribution in [0.3, 0.4) is 0 Å². The standard InChI is InChI=1S/C19H21NO5S/c1-3-9-20(12-15-6-5-10-26-15)19(23)14-7-8-16(25-13-18(21)22)17(11-14)24-4-2/h3,5-8,10-11H,1,4,9,12-13H2,2H3,(H,21,22). The average Bonchev–Trinajstić information content (AvgIpc) is 3.13. The highest BCUT2D eigenvalue weighted by Crippen LogP contribution is 2.29. The lowest BCUT2D eigenvalue weighted by Crippen LogP contribution is -2.30. The van der Waals surface area contributed by atoms with Gasteiger partial charge in [-0.25, -0.2) is 4.79 Å². The molecule has 138 valence electrons. The van der Waals surface area contributed by atoms with Gasteiger partial charge in [0, 0.05) is 17.0 Å². The van der Waals surface area contributed by atoms with Crippen LogP contribution in [0.2, 0.25) is 0 Å². The van der Waals surface area contributed by atoms with E-state index >= 15 is 0 Å². The second-order valence-electron chi connectivity index (χ2n) is 5.33. The minimum Gasteiger partial charge on any atom is -0.490 e. The number of rotatable bonds is 10. The lowest BCUT2D eigenvalue weighted by atomic mass is 10.1. The van der Waals surface area contributed by atoms with Crippen molar-refractivity contribution >= 4 is 23.2 Å². The number of carboxylic acids is 1. The summed E-state index contributed by atoms with van der Waals surface area (Å²) in [5.74, 6) is -0.613. The van der Waals surface area contributed by atoms with Crippen LogP contribution in [0.4, 0.5) is 0 Å². The van der Waals surface area contributed by atoms with Crippen LogP contribution < -0.4 is 9.47 Å². The van der Waals surface area contributed by atoms with Crippen molar-refractivity contribution in [3.8, 4) is 11.5 Å². The van der Waals surface area contributed by atoms with Crippen molar-refractivity contribution in [2.24, 2.45) is 0 Å². The number of aliphatic carboxylic acids is 1. The molecule has 0 fully saturated rings. The maximum absolute atomic E-state index is 12.9. The number of hydrogen-bond donors (Lipinski definition) is 1. The molecule has 1 aromatic heterocycles. The van der Waals surface area contributed by atoms with Crippen molar-refractivity contribution in [3.05, 3.63) is 58.8 Å². The van der Waals surface area contributed by atoms with Gasteiger partial charge in [-0.15, -0.1) is 17.9 Å². The van der Waals surface area contributed by atoms with Gasteiger partial charge >= 0.3 is 5.97 Å². The molecule has 2 aromatic rings. The van der Waals surface area contributed by atoms with Gasteiger partial charge in [0.05, 0.1) is 13.2 Å². The lowest BCUT2D eigenvalue weighted by Gasteiger charge is -2.21. The maximum atomic E-state index is 12.9. The fourth-order valence-corrected chi connectivity index (χ4v) is 3.04. The summed E-state index contributed by atoms with van der Waals surface area (Å²) < 4.78 is 10.7. The quantitative estimate of drug-likeness (QED) is 0.644. The zero-order valence-electron chi connectivity index (χ0n) is 14.5. The Morgan fingerprint density at radius 2 is 2.08 bits per heavy atom. The molecule has 0 aliphatic heterocycles. The highest BCUT2D eigenvalue weighted by molar-refractivity contribution is 7.09. The van der Waals surface area contributed by atoms with Gasteiger partial charge in [0.1, 0.15) is 0 Å². The van der Waals surface area contributed by atoms with Crippen LogP contribution in [-0.4, -0.2) is 41.6 Å². The third kappa shape index (κ3) is 5.35. The zero-order chi connectivity index (χ0) is 18.9. The van der Waals surface area contributed by atoms with Crippen LogP contribution in [0.25, 0.3) is 0 Å². The van der Waals surface area contributed by atoms with Crippen molar-refractivity contribution in [2.45, 2.75) is 13.5 Å². The van der Waals surface area contributed by atoms with E-state index in [9.17, 15) is 9.59 Å². The fraction of sp³-hybridized carbons (Fsp3) is 0.263. The monoisotopic (exact) mass is 375 g/mol. The van der Waals surface area contributed by atoms with Crippen LogP contribution in [0.1, 0.15) is 22.2 Å². The van der Waals surface area contributed by atoms with E-state index in [4.69, 9.17) is 14.6 Å². The van der Waals surface area contributed by atoms with Crippen LogP contribution in [-0.2, 0) is 11.3 Å². The molecule has 0 bridgehead atoms. The molecule has 0 unspecified atom stereocenters. The first-order valence-electron chi connectivity index (χ1n) is 8.09. The van der Waals surface area contributed by atoms with Gasteiger partial charge in [-0.2, -0.15) is 0 Å². The number of carbonyl (C=O) groups is 2. The summed E-state index contributed by atoms with van der Waals surface area (Å²) in [6.45, 7) is 6.31. The molecule has 0 spiro atoms. The Morgan fingerprint density at radius 3 is 2.69 bits per heavy atom. The lowest BCUT2D eigenvalue weighted by molar-refractivity contribution is -0.139. The Bertz CT molecular complexity index is 757. The topological polar surface area (TPSA) is 76.1 Å². The van der Waals surface area contributed by atoms with Crippen molar-refractivity contribution in [2.75, 3.05) is 19.8 Å². The molecule has 1 heterocycles. The number of nitrogens with zero attached hydrogens (tertiary/aromatic N) is 1. The van der Waals surface area contributed by atoms with E-state index in [2.05, 4.69) is 6.58 Å². The minimum atomic E-state index is -1.08. The van der Waals surface area contributed by atoms with E-state index in [0.717, 1.165) is 4.88 Å². The second kappa shape index (κ2) is 9.62. The average molecular weight is 375 g/mol. The van der Waals surface area contributed by atoms with Crippen LogP contribution in [0.5, 0.6) is 11.5 Å². The first kappa shape index (κ1) is 19.5. The van der Waals surface area contributed by atoms with E-state index < -0.39 is 12.6 Å². The zero-order valence-corrected chi connectivity index (χ0v) is 15.3. The van der Waals surface area contributed by atoms with E-state index in [0.29, 0.717) is 36.8 Å². The number of carboxylic acid groups (broad SMARTS) is 1. The maximum Gasteiger partial charge on any atom is 0.341 e. The van der Waals surface area contributed by atoms with Crippen molar-refractivity contribution in [3.63, 3.8) is 0 Å². The number of carbonyl (C=O) groups excluding carboxylic acids is 1. The summed E-state index contributed by atoms with van der Waals surface area (Å²) in [6, 6.07) is 8.65. The van der Waals surface area contributed by atoms with Gasteiger partial charge in [-0.3, -0.25) is 4.79 Å². The molecule has 1 amide bonds. The Kier molecular flexibility index (Phi) is 7.23. The molecule has 6 nitrogen and oxygen atoms in total. The Hall–Kier alpha value is -2.80. The normalized spacial score (nSPS) is 10.2. The van der Waals surface area contributed by atoms with E-state index in [1.165, 1.54) is 0 Å². The molecule has 0 aliphatic carbocycles. The Labute approximate surface area is 156 Å². The molecule has 1 aromatic carbocycles. The molecular formula is C19H21NO5S. The van der Waals surface area contributed by atoms with E-state index in [-0.39, 0.29) is 5.91 Å². The Balaban J connectivity index is 2.23. The number of benzene rings is 1. The van der Waals surface area contributed by atoms with Gasteiger partial charge in [0.15, 0.2) is 18.1 Å². The summed E-state index contributed by atoms with van der Waals surface area (Å²) >= 11 is 1.58. The second-order valence-corrected chi connectivity index (χ2v) is 6.36. The molecule has 0 aliphatic rings. The molecule has 0 atom stereocenters. The van der Waals surface area contributed by atoms with Crippen LogP contribution in [0.15, 0.2) is 48.4 Å². The van der Waals surface area contributed by atoms with Gasteiger partial charge in [0.2, 0.25) is 0 Å². The van der Waals surface area contributed by atoms with Gasteiger partial charge in [0.25, 0.3) is 5.91 Å². The van der Waals surface area contributed by atoms with Crippen molar-refractivity contribution in [1.29, 1.82) is 0 Å². The third-order valence-corrected chi connectivity index (χ3v) is 4.27. The summed E-state index contributed by atoms with van der Waals surface area (Å²) in [5.41, 5.74) is 0.439. The van der Waals surface area contributed by atoms with Crippen LogP contribution in [0, 0.1) is 0 Å². The first-order valence-corrected chi connectivity index (χ1v) is 8.97. The van der Waals surface area contributed by atoms with Gasteiger partial charge < -0.3 is 19.5 Å². The SMILES string of the molecule is C=CCN(Cc1cccs1)C(=O)c1ccc(OCC(=O)O)c(OCC)c1. The highest BCUT2D eigenvalue weighted by atomic mass is 32.1. The number of ether oxygens (including phenoxy) is 2. The summed E-state index contributed by atoms with van der Waals surface area (Å²) in [7, 11) is 0. The smallest absolute Gasteiger partial charge is 0.341 e. The molecule has 0 saturated carbocycles. The number of amides is 1. The largest absolute Gasteiger partial charge is 0.490 e.